The molecule has 16 heavy (non-hydrogen) atoms. The molecule has 1 aliphatic rings. The second kappa shape index (κ2) is 5.15. The van der Waals surface area contributed by atoms with Gasteiger partial charge in [-0.05, 0) is 31.4 Å². The van der Waals surface area contributed by atoms with Crippen molar-refractivity contribution in [3.8, 4) is 0 Å². The molecule has 2 heteroatoms. The number of hydrogen-bond donors (Lipinski definition) is 0. The van der Waals surface area contributed by atoms with Crippen molar-refractivity contribution in [2.24, 2.45) is 5.92 Å². The second-order valence-electron chi connectivity index (χ2n) is 4.31. The van der Waals surface area contributed by atoms with E-state index in [9.17, 15) is 4.79 Å². The highest BCUT2D eigenvalue weighted by atomic mass is 16.2. The Balaban J connectivity index is 2.22. The minimum absolute atomic E-state index is 0.114. The lowest BCUT2D eigenvalue weighted by molar-refractivity contribution is -0.122. The van der Waals surface area contributed by atoms with Crippen LogP contribution in [-0.4, -0.2) is 12.5 Å². The summed E-state index contributed by atoms with van der Waals surface area (Å²) >= 11 is 0. The summed E-state index contributed by atoms with van der Waals surface area (Å²) < 4.78 is 0. The first-order valence-corrected chi connectivity index (χ1v) is 5.98. The Morgan fingerprint density at radius 1 is 1.25 bits per heavy atom. The summed E-state index contributed by atoms with van der Waals surface area (Å²) in [5, 5.41) is 0. The van der Waals surface area contributed by atoms with Crippen LogP contribution in [0.2, 0.25) is 0 Å². The SMILES string of the molecule is [CH2]CC1CCCCN(c2ccccc2)C1=O. The molecule has 1 amide bonds. The maximum absolute atomic E-state index is 12.3. The van der Waals surface area contributed by atoms with E-state index in [1.54, 1.807) is 0 Å². The molecule has 0 saturated carbocycles. The minimum atomic E-state index is 0.114. The van der Waals surface area contributed by atoms with Gasteiger partial charge >= 0.3 is 0 Å². The minimum Gasteiger partial charge on any atom is -0.312 e. The topological polar surface area (TPSA) is 20.3 Å². The van der Waals surface area contributed by atoms with Gasteiger partial charge in [0.25, 0.3) is 0 Å². The molecule has 1 atom stereocenters. The zero-order valence-electron chi connectivity index (χ0n) is 9.56. The fourth-order valence-corrected chi connectivity index (χ4v) is 2.25. The Morgan fingerprint density at radius 2 is 2.00 bits per heavy atom. The van der Waals surface area contributed by atoms with E-state index in [1.807, 2.05) is 35.2 Å². The van der Waals surface area contributed by atoms with Gasteiger partial charge in [0.2, 0.25) is 5.91 Å². The number of benzene rings is 1. The highest BCUT2D eigenvalue weighted by molar-refractivity contribution is 5.95. The molecule has 0 spiro atoms. The molecule has 0 aromatic heterocycles. The summed E-state index contributed by atoms with van der Waals surface area (Å²) in [7, 11) is 0. The van der Waals surface area contributed by atoms with Gasteiger partial charge in [-0.15, -0.1) is 0 Å². The number of anilines is 1. The summed E-state index contributed by atoms with van der Waals surface area (Å²) in [6.07, 6.45) is 3.93. The van der Waals surface area contributed by atoms with Crippen molar-refractivity contribution < 1.29 is 4.79 Å². The Kier molecular flexibility index (Phi) is 3.60. The molecule has 0 aliphatic carbocycles. The molecule has 1 heterocycles. The van der Waals surface area contributed by atoms with E-state index in [0.29, 0.717) is 6.42 Å². The van der Waals surface area contributed by atoms with Crippen molar-refractivity contribution in [2.75, 3.05) is 11.4 Å². The number of amides is 1. The fraction of sp³-hybridized carbons (Fsp3) is 0.429. The molecule has 1 saturated heterocycles. The highest BCUT2D eigenvalue weighted by Gasteiger charge is 2.26. The third kappa shape index (κ3) is 2.26. The van der Waals surface area contributed by atoms with Crippen molar-refractivity contribution in [1.82, 2.24) is 0 Å². The van der Waals surface area contributed by atoms with Crippen LogP contribution in [0.1, 0.15) is 25.7 Å². The highest BCUT2D eigenvalue weighted by Crippen LogP contribution is 2.25. The lowest BCUT2D eigenvalue weighted by Crippen LogP contribution is -2.34. The van der Waals surface area contributed by atoms with Gasteiger partial charge in [-0.2, -0.15) is 0 Å². The molecule has 1 aromatic carbocycles. The van der Waals surface area contributed by atoms with Gasteiger partial charge in [0.05, 0.1) is 0 Å². The van der Waals surface area contributed by atoms with Crippen LogP contribution in [0.4, 0.5) is 5.69 Å². The van der Waals surface area contributed by atoms with Gasteiger partial charge in [-0.1, -0.05) is 31.5 Å². The number of hydrogen-bond acceptors (Lipinski definition) is 1. The predicted octanol–water partition coefficient (Wildman–Crippen LogP) is 3.04. The maximum atomic E-state index is 12.3. The van der Waals surface area contributed by atoms with E-state index in [4.69, 9.17) is 0 Å². The molecule has 1 radical (unpaired) electrons. The molecular weight excluding hydrogens is 198 g/mol. The van der Waals surface area contributed by atoms with Gasteiger partial charge in [0, 0.05) is 18.2 Å². The fourth-order valence-electron chi connectivity index (χ4n) is 2.25. The molecule has 1 aliphatic heterocycles. The number of carbonyl (C=O) groups excluding carboxylic acids is 1. The van der Waals surface area contributed by atoms with E-state index >= 15 is 0 Å². The normalized spacial score (nSPS) is 21.9. The number of carbonyl (C=O) groups is 1. The number of nitrogens with zero attached hydrogens (tertiary/aromatic N) is 1. The molecule has 2 nitrogen and oxygen atoms in total. The largest absolute Gasteiger partial charge is 0.312 e. The van der Waals surface area contributed by atoms with Crippen LogP contribution in [0.5, 0.6) is 0 Å². The van der Waals surface area contributed by atoms with Crippen LogP contribution in [0.25, 0.3) is 0 Å². The Bertz CT molecular complexity index is 347. The lowest BCUT2D eigenvalue weighted by Gasteiger charge is -2.23. The van der Waals surface area contributed by atoms with Crippen LogP contribution in [0.3, 0.4) is 0 Å². The van der Waals surface area contributed by atoms with Gasteiger partial charge in [-0.25, -0.2) is 0 Å². The van der Waals surface area contributed by atoms with E-state index in [1.165, 1.54) is 0 Å². The van der Waals surface area contributed by atoms with Crippen LogP contribution >= 0.6 is 0 Å². The zero-order chi connectivity index (χ0) is 11.4. The summed E-state index contributed by atoms with van der Waals surface area (Å²) in [5.41, 5.74) is 1.02. The van der Waals surface area contributed by atoms with Crippen molar-refractivity contribution >= 4 is 11.6 Å². The quantitative estimate of drug-likeness (QED) is 0.744. The van der Waals surface area contributed by atoms with Crippen LogP contribution in [0, 0.1) is 12.8 Å². The molecular formula is C14H18NO. The van der Waals surface area contributed by atoms with Gasteiger partial charge in [-0.3, -0.25) is 4.79 Å². The van der Waals surface area contributed by atoms with Crippen LogP contribution in [0.15, 0.2) is 30.3 Å². The number of para-hydroxylation sites is 1. The van der Waals surface area contributed by atoms with Gasteiger partial charge < -0.3 is 4.90 Å². The second-order valence-corrected chi connectivity index (χ2v) is 4.31. The summed E-state index contributed by atoms with van der Waals surface area (Å²) in [6, 6.07) is 9.94. The first kappa shape index (κ1) is 11.2. The molecule has 1 unspecified atom stereocenters. The molecule has 85 valence electrons. The van der Waals surface area contributed by atoms with E-state index < -0.39 is 0 Å². The van der Waals surface area contributed by atoms with Crippen molar-refractivity contribution in [2.45, 2.75) is 25.7 Å². The summed E-state index contributed by atoms with van der Waals surface area (Å²) in [5.74, 6) is 0.362. The standard InChI is InChI=1S/C14H18NO/c1-2-12-8-6-7-11-15(14(12)16)13-9-4-3-5-10-13/h3-5,9-10,12H,1-2,6-8,11H2. The predicted molar refractivity (Wildman–Crippen MR) is 66.1 cm³/mol. The Hall–Kier alpha value is -1.31. The third-order valence-electron chi connectivity index (χ3n) is 3.22. The first-order valence-electron chi connectivity index (χ1n) is 5.98. The van der Waals surface area contributed by atoms with Crippen molar-refractivity contribution in [3.05, 3.63) is 37.3 Å². The molecule has 1 fully saturated rings. The van der Waals surface area contributed by atoms with E-state index in [-0.39, 0.29) is 11.8 Å². The van der Waals surface area contributed by atoms with E-state index in [0.717, 1.165) is 31.5 Å². The van der Waals surface area contributed by atoms with Crippen LogP contribution < -0.4 is 4.90 Å². The number of rotatable bonds is 2. The smallest absolute Gasteiger partial charge is 0.230 e. The monoisotopic (exact) mass is 216 g/mol. The first-order chi connectivity index (χ1) is 7.83. The molecule has 0 N–H and O–H groups in total. The van der Waals surface area contributed by atoms with Crippen LogP contribution in [-0.2, 0) is 4.79 Å². The van der Waals surface area contributed by atoms with E-state index in [2.05, 4.69) is 6.92 Å². The average Bonchev–Trinajstić information content (AvgIpc) is 2.52. The van der Waals surface area contributed by atoms with Crippen molar-refractivity contribution in [3.63, 3.8) is 0 Å². The lowest BCUT2D eigenvalue weighted by atomic mass is 10.00. The van der Waals surface area contributed by atoms with Gasteiger partial charge in [0.1, 0.15) is 0 Å². The van der Waals surface area contributed by atoms with Gasteiger partial charge in [0.15, 0.2) is 0 Å². The average molecular weight is 216 g/mol. The third-order valence-corrected chi connectivity index (χ3v) is 3.22. The summed E-state index contributed by atoms with van der Waals surface area (Å²) in [4.78, 5) is 14.2. The Morgan fingerprint density at radius 3 is 2.69 bits per heavy atom. The molecule has 0 bridgehead atoms. The maximum Gasteiger partial charge on any atom is 0.230 e. The van der Waals surface area contributed by atoms with Crippen molar-refractivity contribution in [1.29, 1.82) is 0 Å². The zero-order valence-corrected chi connectivity index (χ0v) is 9.56. The Labute approximate surface area is 97.3 Å². The molecule has 2 rings (SSSR count). The molecule has 1 aromatic rings. The summed E-state index contributed by atoms with van der Waals surface area (Å²) in [6.45, 7) is 4.73.